The standard InChI is InChI=1S/C7H14N2O2/c1-8-4-6-5-11-3-2-7(10)9-6/h6,8H,2-5H2,1H3,(H,9,10). The van der Waals surface area contributed by atoms with Crippen molar-refractivity contribution >= 4 is 5.91 Å². The van der Waals surface area contributed by atoms with Crippen LogP contribution < -0.4 is 10.6 Å². The minimum atomic E-state index is 0.0859. The van der Waals surface area contributed by atoms with Crippen LogP contribution >= 0.6 is 0 Å². The number of likely N-dealkylation sites (N-methyl/N-ethyl adjacent to an activating group) is 1. The summed E-state index contributed by atoms with van der Waals surface area (Å²) in [6.07, 6.45) is 0.486. The smallest absolute Gasteiger partial charge is 0.222 e. The van der Waals surface area contributed by atoms with E-state index in [-0.39, 0.29) is 11.9 Å². The molecule has 1 aliphatic heterocycles. The topological polar surface area (TPSA) is 50.4 Å². The largest absolute Gasteiger partial charge is 0.379 e. The minimum Gasteiger partial charge on any atom is -0.379 e. The first kappa shape index (κ1) is 8.49. The van der Waals surface area contributed by atoms with Crippen LogP contribution in [-0.4, -0.2) is 38.8 Å². The van der Waals surface area contributed by atoms with Gasteiger partial charge in [-0.3, -0.25) is 4.79 Å². The van der Waals surface area contributed by atoms with Gasteiger partial charge in [0.2, 0.25) is 5.91 Å². The van der Waals surface area contributed by atoms with Crippen LogP contribution in [0.1, 0.15) is 6.42 Å². The predicted molar refractivity (Wildman–Crippen MR) is 41.3 cm³/mol. The Kier molecular flexibility index (Phi) is 3.32. The van der Waals surface area contributed by atoms with Gasteiger partial charge in [-0.2, -0.15) is 0 Å². The van der Waals surface area contributed by atoms with E-state index >= 15 is 0 Å². The van der Waals surface area contributed by atoms with Gasteiger partial charge in [0, 0.05) is 13.0 Å². The highest BCUT2D eigenvalue weighted by Gasteiger charge is 2.15. The van der Waals surface area contributed by atoms with Gasteiger partial charge in [0.1, 0.15) is 0 Å². The normalized spacial score (nSPS) is 25.9. The fraction of sp³-hybridized carbons (Fsp3) is 0.857. The summed E-state index contributed by atoms with van der Waals surface area (Å²) in [4.78, 5) is 10.9. The number of ether oxygens (including phenoxy) is 1. The van der Waals surface area contributed by atoms with E-state index in [1.54, 1.807) is 0 Å². The van der Waals surface area contributed by atoms with E-state index in [2.05, 4.69) is 10.6 Å². The lowest BCUT2D eigenvalue weighted by Crippen LogP contribution is -2.42. The van der Waals surface area contributed by atoms with Gasteiger partial charge in [0.05, 0.1) is 19.3 Å². The van der Waals surface area contributed by atoms with Crippen LogP contribution in [-0.2, 0) is 9.53 Å². The van der Waals surface area contributed by atoms with Crippen LogP contribution in [0.2, 0.25) is 0 Å². The third-order valence-electron chi connectivity index (χ3n) is 1.61. The highest BCUT2D eigenvalue weighted by Crippen LogP contribution is 1.94. The molecule has 0 spiro atoms. The molecule has 0 aromatic heterocycles. The molecule has 4 nitrogen and oxygen atoms in total. The Morgan fingerprint density at radius 2 is 2.64 bits per heavy atom. The lowest BCUT2D eigenvalue weighted by atomic mass is 10.3. The quantitative estimate of drug-likeness (QED) is 0.548. The van der Waals surface area contributed by atoms with Crippen molar-refractivity contribution in [1.82, 2.24) is 10.6 Å². The molecule has 0 aromatic carbocycles. The highest BCUT2D eigenvalue weighted by molar-refractivity contribution is 5.76. The number of carbonyl (C=O) groups is 1. The first-order chi connectivity index (χ1) is 5.33. The zero-order valence-electron chi connectivity index (χ0n) is 6.72. The summed E-state index contributed by atoms with van der Waals surface area (Å²) in [5.74, 6) is 0.0859. The lowest BCUT2D eigenvalue weighted by Gasteiger charge is -2.13. The Balaban J connectivity index is 2.33. The summed E-state index contributed by atoms with van der Waals surface area (Å²) in [5, 5.41) is 5.84. The first-order valence-electron chi connectivity index (χ1n) is 3.84. The number of carbonyl (C=O) groups excluding carboxylic acids is 1. The third-order valence-corrected chi connectivity index (χ3v) is 1.61. The second-order valence-corrected chi connectivity index (χ2v) is 2.65. The zero-order valence-corrected chi connectivity index (χ0v) is 6.72. The minimum absolute atomic E-state index is 0.0859. The number of hydrogen-bond donors (Lipinski definition) is 2. The Morgan fingerprint density at radius 3 is 3.36 bits per heavy atom. The Morgan fingerprint density at radius 1 is 1.82 bits per heavy atom. The molecule has 1 saturated heterocycles. The molecule has 1 atom stereocenters. The van der Waals surface area contributed by atoms with Crippen molar-refractivity contribution in [3.8, 4) is 0 Å². The zero-order chi connectivity index (χ0) is 8.10. The van der Waals surface area contributed by atoms with E-state index in [1.807, 2.05) is 7.05 Å². The van der Waals surface area contributed by atoms with Gasteiger partial charge >= 0.3 is 0 Å². The van der Waals surface area contributed by atoms with Crippen LogP contribution in [0, 0.1) is 0 Å². The third kappa shape index (κ3) is 2.86. The van der Waals surface area contributed by atoms with E-state index in [0.717, 1.165) is 6.54 Å². The van der Waals surface area contributed by atoms with Gasteiger partial charge in [-0.15, -0.1) is 0 Å². The lowest BCUT2D eigenvalue weighted by molar-refractivity contribution is -0.121. The van der Waals surface area contributed by atoms with Crippen molar-refractivity contribution in [2.45, 2.75) is 12.5 Å². The van der Waals surface area contributed by atoms with Crippen molar-refractivity contribution < 1.29 is 9.53 Å². The molecular formula is C7H14N2O2. The SMILES string of the molecule is CNCC1COCCC(=O)N1. The monoisotopic (exact) mass is 158 g/mol. The van der Waals surface area contributed by atoms with Crippen LogP contribution in [0.15, 0.2) is 0 Å². The Bertz CT molecular complexity index is 138. The molecule has 1 fully saturated rings. The first-order valence-corrected chi connectivity index (χ1v) is 3.84. The van der Waals surface area contributed by atoms with Crippen LogP contribution in [0.25, 0.3) is 0 Å². The molecule has 2 N–H and O–H groups in total. The molecule has 0 radical (unpaired) electrons. The molecule has 11 heavy (non-hydrogen) atoms. The van der Waals surface area contributed by atoms with Crippen molar-refractivity contribution in [2.75, 3.05) is 26.8 Å². The van der Waals surface area contributed by atoms with Crippen molar-refractivity contribution in [3.63, 3.8) is 0 Å². The van der Waals surface area contributed by atoms with Gasteiger partial charge in [-0.05, 0) is 7.05 Å². The maximum atomic E-state index is 10.9. The van der Waals surface area contributed by atoms with Gasteiger partial charge in [0.15, 0.2) is 0 Å². The molecule has 1 amide bonds. The second-order valence-electron chi connectivity index (χ2n) is 2.65. The summed E-state index contributed by atoms with van der Waals surface area (Å²) >= 11 is 0. The molecule has 0 saturated carbocycles. The predicted octanol–water partition coefficient (Wildman–Crippen LogP) is -0.889. The van der Waals surface area contributed by atoms with E-state index in [4.69, 9.17) is 4.74 Å². The average molecular weight is 158 g/mol. The van der Waals surface area contributed by atoms with Gasteiger partial charge in [0.25, 0.3) is 0 Å². The van der Waals surface area contributed by atoms with Crippen LogP contribution in [0.5, 0.6) is 0 Å². The van der Waals surface area contributed by atoms with Crippen LogP contribution in [0.3, 0.4) is 0 Å². The van der Waals surface area contributed by atoms with E-state index < -0.39 is 0 Å². The van der Waals surface area contributed by atoms with Gasteiger partial charge in [-0.25, -0.2) is 0 Å². The molecule has 0 aromatic rings. The fourth-order valence-corrected chi connectivity index (χ4v) is 1.09. The van der Waals surface area contributed by atoms with Crippen LogP contribution in [0.4, 0.5) is 0 Å². The second kappa shape index (κ2) is 4.31. The fourth-order valence-electron chi connectivity index (χ4n) is 1.09. The summed E-state index contributed by atoms with van der Waals surface area (Å²) in [7, 11) is 1.86. The summed E-state index contributed by atoms with van der Waals surface area (Å²) < 4.78 is 5.21. The molecule has 4 heteroatoms. The Hall–Kier alpha value is -0.610. The summed E-state index contributed by atoms with van der Waals surface area (Å²) in [6, 6.07) is 0.134. The molecule has 1 rings (SSSR count). The Labute approximate surface area is 66.3 Å². The molecule has 1 unspecified atom stereocenters. The van der Waals surface area contributed by atoms with Crippen molar-refractivity contribution in [2.24, 2.45) is 0 Å². The van der Waals surface area contributed by atoms with Gasteiger partial charge < -0.3 is 15.4 Å². The summed E-state index contributed by atoms with van der Waals surface area (Å²) in [5.41, 5.74) is 0. The number of hydrogen-bond acceptors (Lipinski definition) is 3. The number of rotatable bonds is 2. The summed E-state index contributed by atoms with van der Waals surface area (Å²) in [6.45, 7) is 1.93. The average Bonchev–Trinajstić information content (AvgIpc) is 2.15. The van der Waals surface area contributed by atoms with Crippen molar-refractivity contribution in [1.29, 1.82) is 0 Å². The van der Waals surface area contributed by atoms with E-state index in [1.165, 1.54) is 0 Å². The number of amides is 1. The maximum absolute atomic E-state index is 10.9. The molecule has 1 heterocycles. The molecule has 0 bridgehead atoms. The number of nitrogens with one attached hydrogen (secondary N) is 2. The van der Waals surface area contributed by atoms with Gasteiger partial charge in [-0.1, -0.05) is 0 Å². The maximum Gasteiger partial charge on any atom is 0.222 e. The highest BCUT2D eigenvalue weighted by atomic mass is 16.5. The van der Waals surface area contributed by atoms with E-state index in [0.29, 0.717) is 19.6 Å². The molecule has 1 aliphatic rings. The van der Waals surface area contributed by atoms with Crippen molar-refractivity contribution in [3.05, 3.63) is 0 Å². The molecule has 64 valence electrons. The molecular weight excluding hydrogens is 144 g/mol. The molecule has 0 aliphatic carbocycles. The van der Waals surface area contributed by atoms with E-state index in [9.17, 15) is 4.79 Å².